The summed E-state index contributed by atoms with van der Waals surface area (Å²) in [5.74, 6) is 0. The second-order valence-electron chi connectivity index (χ2n) is 3.12. The Hall–Kier alpha value is 0.803. The predicted octanol–water partition coefficient (Wildman–Crippen LogP) is 3.63. The fraction of sp³-hybridized carbons (Fsp3) is 0.200. The summed E-state index contributed by atoms with van der Waals surface area (Å²) in [5, 5.41) is 0. The van der Waals surface area contributed by atoms with E-state index in [-0.39, 0.29) is 34.0 Å². The zero-order chi connectivity index (χ0) is 7.90. The first kappa shape index (κ1) is 13.8. The summed E-state index contributed by atoms with van der Waals surface area (Å²) in [5.41, 5.74) is 2.88. The van der Waals surface area contributed by atoms with Gasteiger partial charge in [-0.1, -0.05) is 0 Å². The number of rotatable bonds is 0. The molecule has 2 rings (SSSR count). The Balaban J connectivity index is 0.000000720. The molecule has 0 saturated heterocycles. The second kappa shape index (κ2) is 5.04. The molecule has 3 heteroatoms. The summed E-state index contributed by atoms with van der Waals surface area (Å²) >= 11 is 1.57. The molecule has 0 fully saturated rings. The number of benzene rings is 1. The van der Waals surface area contributed by atoms with Crippen LogP contribution < -0.4 is 0 Å². The summed E-state index contributed by atoms with van der Waals surface area (Å²) < 4.78 is 0.337. The van der Waals surface area contributed by atoms with Gasteiger partial charge in [0.25, 0.3) is 0 Å². The van der Waals surface area contributed by atoms with E-state index in [1.54, 1.807) is 24.7 Å². The molecule has 69 valence electrons. The molecule has 0 aliphatic heterocycles. The summed E-state index contributed by atoms with van der Waals surface area (Å²) in [6.45, 7) is 2.29. The van der Waals surface area contributed by atoms with Gasteiger partial charge in [0.05, 0.1) is 0 Å². The molecule has 0 N–H and O–H groups in total. The number of hydrogen-bond acceptors (Lipinski definition) is 0. The molecule has 0 heterocycles. The number of fused-ring (bicyclic) bond motifs is 1. The SMILES string of the molecule is Br.Br.C[C]1([Zr])C=Cc2ccccc21. The van der Waals surface area contributed by atoms with Gasteiger partial charge in [-0.3, -0.25) is 0 Å². The van der Waals surface area contributed by atoms with E-state index < -0.39 is 0 Å². The van der Waals surface area contributed by atoms with Crippen molar-refractivity contribution >= 4 is 40.0 Å². The fourth-order valence-corrected chi connectivity index (χ4v) is 2.23. The van der Waals surface area contributed by atoms with Crippen LogP contribution in [0.15, 0.2) is 30.3 Å². The molecule has 1 unspecified atom stereocenters. The maximum absolute atomic E-state index is 2.30. The van der Waals surface area contributed by atoms with Gasteiger partial charge in [-0.2, -0.15) is 0 Å². The van der Waals surface area contributed by atoms with Crippen LogP contribution in [0.2, 0.25) is 0 Å². The van der Waals surface area contributed by atoms with Crippen molar-refractivity contribution in [3.63, 3.8) is 0 Å². The van der Waals surface area contributed by atoms with Crippen LogP contribution in [0.1, 0.15) is 18.1 Å². The average molecular weight is 382 g/mol. The minimum atomic E-state index is 0. The van der Waals surface area contributed by atoms with Crippen molar-refractivity contribution in [1.29, 1.82) is 0 Å². The first-order valence-electron chi connectivity index (χ1n) is 3.74. The monoisotopic (exact) mass is 379 g/mol. The third kappa shape index (κ3) is 2.64. The molecule has 1 atom stereocenters. The molecule has 13 heavy (non-hydrogen) atoms. The van der Waals surface area contributed by atoms with Crippen molar-refractivity contribution in [3.8, 4) is 0 Å². The quantitative estimate of drug-likeness (QED) is 0.643. The molecular weight excluding hydrogens is 371 g/mol. The van der Waals surface area contributed by atoms with Gasteiger partial charge in [0, 0.05) is 0 Å². The topological polar surface area (TPSA) is 0 Å². The van der Waals surface area contributed by atoms with Crippen LogP contribution in [0.5, 0.6) is 0 Å². The molecule has 1 aliphatic rings. The van der Waals surface area contributed by atoms with Crippen LogP contribution in [-0.4, -0.2) is 0 Å². The molecule has 1 aliphatic carbocycles. The van der Waals surface area contributed by atoms with Crippen LogP contribution >= 0.6 is 34.0 Å². The molecule has 0 nitrogen and oxygen atoms in total. The Morgan fingerprint density at radius 2 is 1.77 bits per heavy atom. The van der Waals surface area contributed by atoms with Crippen LogP contribution in [0.25, 0.3) is 6.08 Å². The Morgan fingerprint density at radius 3 is 2.38 bits per heavy atom. The fourth-order valence-electron chi connectivity index (χ4n) is 1.46. The summed E-state index contributed by atoms with van der Waals surface area (Å²) in [6.07, 6.45) is 4.53. The van der Waals surface area contributed by atoms with Crippen LogP contribution in [0.4, 0.5) is 0 Å². The molecule has 0 bridgehead atoms. The number of hydrogen-bond donors (Lipinski definition) is 0. The summed E-state index contributed by atoms with van der Waals surface area (Å²) in [6, 6.07) is 8.62. The van der Waals surface area contributed by atoms with Crippen molar-refractivity contribution < 1.29 is 24.7 Å². The Kier molecular flexibility index (Phi) is 5.36. The molecule has 0 amide bonds. The number of halogens is 2. The Bertz CT molecular complexity index is 318. The molecule has 0 spiro atoms. The van der Waals surface area contributed by atoms with Crippen molar-refractivity contribution in [1.82, 2.24) is 0 Å². The van der Waals surface area contributed by atoms with Crippen molar-refractivity contribution in [2.75, 3.05) is 0 Å². The zero-order valence-electron chi connectivity index (χ0n) is 7.28. The van der Waals surface area contributed by atoms with E-state index in [4.69, 9.17) is 0 Å². The third-order valence-electron chi connectivity index (χ3n) is 2.12. The standard InChI is InChI=1S/C10H9.2BrH.Zr/c1-8-6-7-9-4-2-3-5-10(8)9;;;/h2-7H,1H3;2*1H;. The minimum absolute atomic E-state index is 0. The van der Waals surface area contributed by atoms with Crippen molar-refractivity contribution in [2.24, 2.45) is 0 Å². The van der Waals surface area contributed by atoms with Crippen LogP contribution in [0.3, 0.4) is 0 Å². The van der Waals surface area contributed by atoms with E-state index in [0.29, 0.717) is 3.12 Å². The van der Waals surface area contributed by atoms with E-state index in [2.05, 4.69) is 43.3 Å². The van der Waals surface area contributed by atoms with Crippen molar-refractivity contribution in [2.45, 2.75) is 10.0 Å². The molecular formula is C10H11Br2Zr. The second-order valence-corrected chi connectivity index (χ2v) is 5.68. The van der Waals surface area contributed by atoms with E-state index >= 15 is 0 Å². The molecule has 0 saturated carbocycles. The van der Waals surface area contributed by atoms with Crippen molar-refractivity contribution in [3.05, 3.63) is 41.5 Å². The molecule has 0 radical (unpaired) electrons. The van der Waals surface area contributed by atoms with Gasteiger partial charge in [0.15, 0.2) is 0 Å². The van der Waals surface area contributed by atoms with E-state index in [1.807, 2.05) is 0 Å². The maximum atomic E-state index is 2.30. The van der Waals surface area contributed by atoms with Gasteiger partial charge in [0.2, 0.25) is 0 Å². The Morgan fingerprint density at radius 1 is 1.15 bits per heavy atom. The zero-order valence-corrected chi connectivity index (χ0v) is 13.2. The van der Waals surface area contributed by atoms with Gasteiger partial charge >= 0.3 is 82.3 Å². The summed E-state index contributed by atoms with van der Waals surface area (Å²) in [4.78, 5) is 0. The number of allylic oxidation sites excluding steroid dienone is 1. The Labute approximate surface area is 115 Å². The van der Waals surface area contributed by atoms with Gasteiger partial charge in [0.1, 0.15) is 0 Å². The van der Waals surface area contributed by atoms with E-state index in [0.717, 1.165) is 0 Å². The van der Waals surface area contributed by atoms with E-state index in [9.17, 15) is 0 Å². The average Bonchev–Trinajstić information content (AvgIpc) is 2.29. The van der Waals surface area contributed by atoms with Gasteiger partial charge in [-0.25, -0.2) is 0 Å². The molecule has 0 aromatic heterocycles. The van der Waals surface area contributed by atoms with Gasteiger partial charge in [-0.15, -0.1) is 34.0 Å². The van der Waals surface area contributed by atoms with Crippen LogP contribution in [-0.2, 0) is 27.8 Å². The molecule has 1 aromatic rings. The normalized spacial score (nSPS) is 22.8. The first-order chi connectivity index (χ1) is 5.20. The third-order valence-corrected chi connectivity index (χ3v) is 3.19. The molecule has 1 aromatic carbocycles. The predicted molar refractivity (Wildman–Crippen MR) is 63.5 cm³/mol. The van der Waals surface area contributed by atoms with Crippen LogP contribution in [0, 0.1) is 0 Å². The summed E-state index contributed by atoms with van der Waals surface area (Å²) in [7, 11) is 0. The first-order valence-corrected chi connectivity index (χ1v) is 4.97. The van der Waals surface area contributed by atoms with Gasteiger partial charge in [-0.05, 0) is 0 Å². The van der Waals surface area contributed by atoms with Gasteiger partial charge < -0.3 is 0 Å². The van der Waals surface area contributed by atoms with E-state index in [1.165, 1.54) is 11.1 Å².